The lowest BCUT2D eigenvalue weighted by Crippen LogP contribution is -2.49. The highest BCUT2D eigenvalue weighted by atomic mass is 19.4. The normalized spacial score (nSPS) is 12.4. The van der Waals surface area contributed by atoms with Gasteiger partial charge >= 0.3 is 6.18 Å². The van der Waals surface area contributed by atoms with Gasteiger partial charge < -0.3 is 5.32 Å². The van der Waals surface area contributed by atoms with E-state index >= 15 is 0 Å². The second-order valence-corrected chi connectivity index (χ2v) is 2.36. The molecule has 0 bridgehead atoms. The van der Waals surface area contributed by atoms with Crippen LogP contribution in [0.25, 0.3) is 0 Å². The van der Waals surface area contributed by atoms with Crippen LogP contribution in [0.5, 0.6) is 0 Å². The summed E-state index contributed by atoms with van der Waals surface area (Å²) >= 11 is 0. The van der Waals surface area contributed by atoms with Gasteiger partial charge in [0.15, 0.2) is 6.19 Å². The molecule has 0 fully saturated rings. The van der Waals surface area contributed by atoms with Gasteiger partial charge in [-0.1, -0.05) is 0 Å². The Kier molecular flexibility index (Phi) is 2.15. The summed E-state index contributed by atoms with van der Waals surface area (Å²) in [7, 11) is 0. The molecule has 58 valence electrons. The van der Waals surface area contributed by atoms with Gasteiger partial charge in [0.2, 0.25) is 0 Å². The zero-order chi connectivity index (χ0) is 8.41. The summed E-state index contributed by atoms with van der Waals surface area (Å²) in [6, 6.07) is 0. The molecule has 5 heteroatoms. The monoisotopic (exact) mass is 152 g/mol. The van der Waals surface area contributed by atoms with Gasteiger partial charge in [-0.15, -0.1) is 0 Å². The number of rotatable bonds is 1. The Morgan fingerprint density at radius 2 is 1.70 bits per heavy atom. The average molecular weight is 152 g/mol. The SMILES string of the molecule is CC(C)(NC#N)C(F)(F)F. The minimum atomic E-state index is -4.39. The summed E-state index contributed by atoms with van der Waals surface area (Å²) in [4.78, 5) is 0. The molecule has 10 heavy (non-hydrogen) atoms. The molecule has 0 spiro atoms. The van der Waals surface area contributed by atoms with Crippen LogP contribution in [-0.4, -0.2) is 11.7 Å². The third-order valence-electron chi connectivity index (χ3n) is 1.08. The molecule has 0 aromatic carbocycles. The Morgan fingerprint density at radius 3 is 1.80 bits per heavy atom. The number of nitriles is 1. The molecule has 0 aliphatic rings. The minimum absolute atomic E-state index is 0.899. The second-order valence-electron chi connectivity index (χ2n) is 2.36. The smallest absolute Gasteiger partial charge is 0.309 e. The first-order chi connectivity index (χ1) is 4.31. The fourth-order valence-electron chi connectivity index (χ4n) is 0.211. The Labute approximate surface area is 56.6 Å². The van der Waals surface area contributed by atoms with E-state index in [1.807, 2.05) is 0 Å². The molecule has 0 aliphatic heterocycles. The molecule has 0 aliphatic carbocycles. The topological polar surface area (TPSA) is 35.8 Å². The van der Waals surface area contributed by atoms with Crippen molar-refractivity contribution in [3.8, 4) is 6.19 Å². The van der Waals surface area contributed by atoms with Crippen molar-refractivity contribution in [1.29, 1.82) is 5.26 Å². The molecule has 2 nitrogen and oxygen atoms in total. The van der Waals surface area contributed by atoms with E-state index in [2.05, 4.69) is 0 Å². The number of nitrogens with zero attached hydrogens (tertiary/aromatic N) is 1. The van der Waals surface area contributed by atoms with E-state index in [4.69, 9.17) is 5.26 Å². The lowest BCUT2D eigenvalue weighted by molar-refractivity contribution is -0.182. The van der Waals surface area contributed by atoms with Crippen molar-refractivity contribution in [3.63, 3.8) is 0 Å². The molecule has 0 amide bonds. The van der Waals surface area contributed by atoms with E-state index in [0.717, 1.165) is 13.8 Å². The van der Waals surface area contributed by atoms with E-state index in [9.17, 15) is 13.2 Å². The van der Waals surface area contributed by atoms with Gasteiger partial charge in [0.05, 0.1) is 0 Å². The maximum Gasteiger partial charge on any atom is 0.411 e. The minimum Gasteiger partial charge on any atom is -0.309 e. The molecule has 0 atom stereocenters. The molecular weight excluding hydrogens is 145 g/mol. The first-order valence-corrected chi connectivity index (χ1v) is 2.54. The second kappa shape index (κ2) is 2.37. The molecule has 0 aromatic rings. The average Bonchev–Trinajstić information content (AvgIpc) is 1.61. The number of hydrogen-bond donors (Lipinski definition) is 1. The van der Waals surface area contributed by atoms with Gasteiger partial charge in [-0.2, -0.15) is 18.4 Å². The maximum absolute atomic E-state index is 11.8. The molecular formula is C5H7F3N2. The Morgan fingerprint density at radius 1 is 1.30 bits per heavy atom. The van der Waals surface area contributed by atoms with Crippen LogP contribution in [-0.2, 0) is 0 Å². The van der Waals surface area contributed by atoms with Crippen molar-refractivity contribution < 1.29 is 13.2 Å². The van der Waals surface area contributed by atoms with Crippen LogP contribution in [0.15, 0.2) is 0 Å². The molecule has 0 aromatic heterocycles. The third kappa shape index (κ3) is 1.79. The number of halogens is 3. The van der Waals surface area contributed by atoms with Crippen molar-refractivity contribution >= 4 is 0 Å². The van der Waals surface area contributed by atoms with E-state index in [1.165, 1.54) is 6.19 Å². The summed E-state index contributed by atoms with van der Waals surface area (Å²) < 4.78 is 35.4. The lowest BCUT2D eigenvalue weighted by Gasteiger charge is -2.25. The highest BCUT2D eigenvalue weighted by Gasteiger charge is 2.47. The largest absolute Gasteiger partial charge is 0.411 e. The highest BCUT2D eigenvalue weighted by molar-refractivity contribution is 4.91. The van der Waals surface area contributed by atoms with Crippen LogP contribution in [0.2, 0.25) is 0 Å². The molecule has 1 N–H and O–H groups in total. The van der Waals surface area contributed by atoms with Crippen molar-refractivity contribution in [2.24, 2.45) is 0 Å². The van der Waals surface area contributed by atoms with Crippen LogP contribution in [0.3, 0.4) is 0 Å². The highest BCUT2D eigenvalue weighted by Crippen LogP contribution is 2.28. The third-order valence-corrected chi connectivity index (χ3v) is 1.08. The van der Waals surface area contributed by atoms with Crippen LogP contribution in [0.4, 0.5) is 13.2 Å². The van der Waals surface area contributed by atoms with Crippen LogP contribution < -0.4 is 5.32 Å². The molecule has 0 heterocycles. The van der Waals surface area contributed by atoms with Crippen molar-refractivity contribution in [3.05, 3.63) is 0 Å². The van der Waals surface area contributed by atoms with Gasteiger partial charge in [-0.05, 0) is 13.8 Å². The summed E-state index contributed by atoms with van der Waals surface area (Å²) in [5, 5.41) is 9.55. The molecule has 0 saturated heterocycles. The van der Waals surface area contributed by atoms with Gasteiger partial charge in [-0.25, -0.2) is 0 Å². The molecule has 0 rings (SSSR count). The number of hydrogen-bond acceptors (Lipinski definition) is 2. The first kappa shape index (κ1) is 9.08. The summed E-state index contributed by atoms with van der Waals surface area (Å²) in [5.74, 6) is 0. The quantitative estimate of drug-likeness (QED) is 0.455. The van der Waals surface area contributed by atoms with E-state index in [0.29, 0.717) is 0 Å². The lowest BCUT2D eigenvalue weighted by atomic mass is 10.1. The van der Waals surface area contributed by atoms with Crippen LogP contribution in [0, 0.1) is 11.5 Å². The zero-order valence-corrected chi connectivity index (χ0v) is 5.58. The molecule has 0 saturated carbocycles. The van der Waals surface area contributed by atoms with Crippen molar-refractivity contribution in [2.45, 2.75) is 25.6 Å². The van der Waals surface area contributed by atoms with Crippen molar-refractivity contribution in [2.75, 3.05) is 0 Å². The van der Waals surface area contributed by atoms with Gasteiger partial charge in [0.25, 0.3) is 0 Å². The molecule has 0 radical (unpaired) electrons. The fourth-order valence-corrected chi connectivity index (χ4v) is 0.211. The van der Waals surface area contributed by atoms with E-state index in [1.54, 1.807) is 5.32 Å². The summed E-state index contributed by atoms with van der Waals surface area (Å²) in [5.41, 5.74) is -2.12. The maximum atomic E-state index is 11.8. The van der Waals surface area contributed by atoms with Gasteiger partial charge in [-0.3, -0.25) is 0 Å². The van der Waals surface area contributed by atoms with E-state index in [-0.39, 0.29) is 0 Å². The zero-order valence-electron chi connectivity index (χ0n) is 5.58. The Bertz CT molecular complexity index is 153. The predicted octanol–water partition coefficient (Wildman–Crippen LogP) is 1.40. The standard InChI is InChI=1S/C5H7F3N2/c1-4(2,10-3-9)5(6,7)8/h10H,1-2H3. The predicted molar refractivity (Wildman–Crippen MR) is 28.9 cm³/mol. The van der Waals surface area contributed by atoms with Gasteiger partial charge in [0.1, 0.15) is 5.54 Å². The number of nitrogens with one attached hydrogen (secondary N) is 1. The Balaban J connectivity index is 4.28. The first-order valence-electron chi connectivity index (χ1n) is 2.54. The van der Waals surface area contributed by atoms with Crippen LogP contribution in [0.1, 0.15) is 13.8 Å². The fraction of sp³-hybridized carbons (Fsp3) is 0.800. The van der Waals surface area contributed by atoms with Crippen LogP contribution >= 0.6 is 0 Å². The molecule has 0 unspecified atom stereocenters. The summed E-state index contributed by atoms with van der Waals surface area (Å²) in [6.45, 7) is 1.80. The van der Waals surface area contributed by atoms with Crippen molar-refractivity contribution in [1.82, 2.24) is 5.32 Å². The van der Waals surface area contributed by atoms with Gasteiger partial charge in [0, 0.05) is 0 Å². The number of alkyl halides is 3. The summed E-state index contributed by atoms with van der Waals surface area (Å²) in [6.07, 6.45) is -3.14. The Hall–Kier alpha value is -0.920. The van der Waals surface area contributed by atoms with E-state index < -0.39 is 11.7 Å².